The van der Waals surface area contributed by atoms with Crippen LogP contribution in [0.5, 0.6) is 5.75 Å². The molecule has 0 radical (unpaired) electrons. The predicted octanol–water partition coefficient (Wildman–Crippen LogP) is 4.69. The van der Waals surface area contributed by atoms with Crippen molar-refractivity contribution in [3.05, 3.63) is 59.7 Å². The maximum absolute atomic E-state index is 14.0. The molecule has 1 aliphatic carbocycles. The standard InChI is InChI=1S/C32H44N4O5/c1-4-17-36(20-24-7-8-24)18-5-6-27(21-36)35(29(30(33)38)19-23-9-15-28(37)16-10-23)32(40)34-26-13-11-25(12-14-26)31(39)41-22(2)3/h9-16,22,24,27,29H,4-8,17-21H2,1-3H3,(H3-,33,34,37,38,39,40)/p+1/t27-,29+,36?/m1/s1. The van der Waals surface area contributed by atoms with Crippen LogP contribution < -0.4 is 11.1 Å². The van der Waals surface area contributed by atoms with Gasteiger partial charge in [-0.15, -0.1) is 0 Å². The van der Waals surface area contributed by atoms with E-state index in [2.05, 4.69) is 12.2 Å². The van der Waals surface area contributed by atoms with Gasteiger partial charge >= 0.3 is 12.0 Å². The third kappa shape index (κ3) is 8.22. The second kappa shape index (κ2) is 13.4. The van der Waals surface area contributed by atoms with E-state index in [0.29, 0.717) is 11.3 Å². The van der Waals surface area contributed by atoms with E-state index in [0.717, 1.165) is 61.4 Å². The molecule has 4 N–H and O–H groups in total. The van der Waals surface area contributed by atoms with Crippen LogP contribution in [0.2, 0.25) is 0 Å². The van der Waals surface area contributed by atoms with Crippen molar-refractivity contribution in [1.82, 2.24) is 4.90 Å². The van der Waals surface area contributed by atoms with Gasteiger partial charge in [-0.2, -0.15) is 0 Å². The Kier molecular flexibility index (Phi) is 9.91. The zero-order chi connectivity index (χ0) is 29.6. The number of likely N-dealkylation sites (tertiary alicyclic amines) is 1. The predicted molar refractivity (Wildman–Crippen MR) is 158 cm³/mol. The molecule has 2 fully saturated rings. The number of nitrogens with two attached hydrogens (primary N) is 1. The van der Waals surface area contributed by atoms with Crippen LogP contribution in [0.15, 0.2) is 48.5 Å². The highest BCUT2D eigenvalue weighted by Crippen LogP contribution is 2.35. The highest BCUT2D eigenvalue weighted by Gasteiger charge is 2.44. The molecule has 222 valence electrons. The number of benzene rings is 2. The van der Waals surface area contributed by atoms with E-state index in [1.165, 1.54) is 12.8 Å². The number of carbonyl (C=O) groups is 3. The number of ether oxygens (including phenoxy) is 1. The first kappa shape index (κ1) is 30.4. The Morgan fingerprint density at radius 1 is 1.07 bits per heavy atom. The van der Waals surface area contributed by atoms with Gasteiger partial charge in [-0.1, -0.05) is 19.1 Å². The maximum Gasteiger partial charge on any atom is 0.338 e. The molecule has 2 aromatic rings. The van der Waals surface area contributed by atoms with Crippen molar-refractivity contribution in [2.75, 3.05) is 31.5 Å². The number of carbonyl (C=O) groups excluding carboxylic acids is 3. The smallest absolute Gasteiger partial charge is 0.338 e. The van der Waals surface area contributed by atoms with Gasteiger partial charge in [0, 0.05) is 18.0 Å². The molecule has 1 unspecified atom stereocenters. The first-order valence-corrected chi connectivity index (χ1v) is 14.9. The van der Waals surface area contributed by atoms with Crippen LogP contribution in [0.25, 0.3) is 0 Å². The molecule has 0 spiro atoms. The number of hydrogen-bond donors (Lipinski definition) is 3. The largest absolute Gasteiger partial charge is 0.508 e. The van der Waals surface area contributed by atoms with E-state index in [9.17, 15) is 19.5 Å². The minimum absolute atomic E-state index is 0.133. The lowest BCUT2D eigenvalue weighted by Gasteiger charge is -2.48. The number of nitrogens with one attached hydrogen (secondary N) is 1. The van der Waals surface area contributed by atoms with E-state index in [4.69, 9.17) is 10.5 Å². The van der Waals surface area contributed by atoms with Gasteiger partial charge < -0.3 is 30.3 Å². The number of phenolic OH excluding ortho intramolecular Hbond substituents is 1. The van der Waals surface area contributed by atoms with Crippen LogP contribution in [-0.4, -0.2) is 76.8 Å². The summed E-state index contributed by atoms with van der Waals surface area (Å²) in [4.78, 5) is 41.0. The summed E-state index contributed by atoms with van der Waals surface area (Å²) >= 11 is 0. The molecule has 41 heavy (non-hydrogen) atoms. The van der Waals surface area contributed by atoms with Gasteiger partial charge in [0.15, 0.2) is 0 Å². The van der Waals surface area contributed by atoms with Crippen LogP contribution >= 0.6 is 0 Å². The van der Waals surface area contributed by atoms with Crippen molar-refractivity contribution in [3.8, 4) is 5.75 Å². The fraction of sp³-hybridized carbons (Fsp3) is 0.531. The lowest BCUT2D eigenvalue weighted by molar-refractivity contribution is -0.935. The number of amides is 3. The molecule has 3 atom stereocenters. The molecule has 2 aromatic carbocycles. The number of phenols is 1. The number of aromatic hydroxyl groups is 1. The monoisotopic (exact) mass is 565 g/mol. The van der Waals surface area contributed by atoms with E-state index in [1.54, 1.807) is 67.3 Å². The van der Waals surface area contributed by atoms with Gasteiger partial charge in [-0.25, -0.2) is 9.59 Å². The molecule has 1 saturated heterocycles. The van der Waals surface area contributed by atoms with Crippen molar-refractivity contribution < 1.29 is 28.7 Å². The molecule has 2 aliphatic rings. The van der Waals surface area contributed by atoms with Crippen LogP contribution in [-0.2, 0) is 16.0 Å². The minimum atomic E-state index is -0.868. The van der Waals surface area contributed by atoms with E-state index < -0.39 is 23.9 Å². The molecule has 0 bridgehead atoms. The fourth-order valence-electron chi connectivity index (χ4n) is 6.21. The van der Waals surface area contributed by atoms with Gasteiger partial charge in [0.25, 0.3) is 0 Å². The molecule has 1 aliphatic heterocycles. The van der Waals surface area contributed by atoms with E-state index >= 15 is 0 Å². The Bertz CT molecular complexity index is 1190. The summed E-state index contributed by atoms with van der Waals surface area (Å²) in [7, 11) is 0. The number of nitrogens with zero attached hydrogens (tertiary/aromatic N) is 2. The first-order chi connectivity index (χ1) is 19.6. The second-order valence-electron chi connectivity index (χ2n) is 12.1. The van der Waals surface area contributed by atoms with Crippen molar-refractivity contribution in [3.63, 3.8) is 0 Å². The molecule has 4 rings (SSSR count). The highest BCUT2D eigenvalue weighted by molar-refractivity contribution is 5.95. The molecule has 3 amide bonds. The maximum atomic E-state index is 14.0. The highest BCUT2D eigenvalue weighted by atomic mass is 16.5. The molecular weight excluding hydrogens is 520 g/mol. The number of anilines is 1. The third-order valence-corrected chi connectivity index (χ3v) is 8.18. The van der Waals surface area contributed by atoms with Gasteiger partial charge in [0.1, 0.15) is 11.8 Å². The van der Waals surface area contributed by atoms with E-state index in [1.807, 2.05) is 0 Å². The van der Waals surface area contributed by atoms with Gasteiger partial charge in [0.05, 0.1) is 43.9 Å². The number of rotatable bonds is 12. The number of urea groups is 1. The van der Waals surface area contributed by atoms with Gasteiger partial charge in [0.2, 0.25) is 5.91 Å². The quantitative estimate of drug-likeness (QED) is 0.255. The van der Waals surface area contributed by atoms with Gasteiger partial charge in [-0.05, 0) is 87.9 Å². The summed E-state index contributed by atoms with van der Waals surface area (Å²) < 4.78 is 6.23. The average Bonchev–Trinajstić information content (AvgIpc) is 3.73. The fourth-order valence-corrected chi connectivity index (χ4v) is 6.21. The van der Waals surface area contributed by atoms with Crippen molar-refractivity contribution in [1.29, 1.82) is 0 Å². The minimum Gasteiger partial charge on any atom is -0.508 e. The van der Waals surface area contributed by atoms with E-state index in [-0.39, 0.29) is 24.3 Å². The summed E-state index contributed by atoms with van der Waals surface area (Å²) in [6, 6.07) is 11.8. The van der Waals surface area contributed by atoms with Crippen molar-refractivity contribution in [2.24, 2.45) is 11.7 Å². The number of primary amides is 1. The molecule has 1 saturated carbocycles. The lowest BCUT2D eigenvalue weighted by Crippen LogP contribution is -2.64. The summed E-state index contributed by atoms with van der Waals surface area (Å²) in [6.07, 6.45) is 5.37. The first-order valence-electron chi connectivity index (χ1n) is 14.9. The van der Waals surface area contributed by atoms with Crippen LogP contribution in [0.3, 0.4) is 0 Å². The second-order valence-corrected chi connectivity index (χ2v) is 12.1. The summed E-state index contributed by atoms with van der Waals surface area (Å²) in [5.74, 6) is -0.118. The number of hydrogen-bond acceptors (Lipinski definition) is 5. The number of piperidine rings is 1. The topological polar surface area (TPSA) is 122 Å². The molecule has 9 nitrogen and oxygen atoms in total. The summed E-state index contributed by atoms with van der Waals surface area (Å²) in [5, 5.41) is 12.7. The third-order valence-electron chi connectivity index (χ3n) is 8.18. The molecule has 9 heteroatoms. The Labute approximate surface area is 243 Å². The Morgan fingerprint density at radius 3 is 2.34 bits per heavy atom. The summed E-state index contributed by atoms with van der Waals surface area (Å²) in [6.45, 7) is 9.83. The zero-order valence-corrected chi connectivity index (χ0v) is 24.6. The Morgan fingerprint density at radius 2 is 1.76 bits per heavy atom. The Hall–Kier alpha value is -3.59. The number of esters is 1. The van der Waals surface area contributed by atoms with Crippen molar-refractivity contribution >= 4 is 23.6 Å². The lowest BCUT2D eigenvalue weighted by atomic mass is 9.96. The van der Waals surface area contributed by atoms with Crippen LogP contribution in [0, 0.1) is 5.92 Å². The Balaban J connectivity index is 1.61. The SMILES string of the molecule is CCC[N+]1(CC2CC2)CCC[C@@H](N(C(=O)Nc2ccc(C(=O)OC(C)C)cc2)[C@@H](Cc2ccc(O)cc2)C(N)=O)C1. The normalized spacial score (nSPS) is 21.2. The number of quaternary nitrogens is 1. The van der Waals surface area contributed by atoms with Gasteiger partial charge in [-0.3, -0.25) is 4.79 Å². The molecule has 0 aromatic heterocycles. The van der Waals surface area contributed by atoms with Crippen LogP contribution in [0.4, 0.5) is 10.5 Å². The summed E-state index contributed by atoms with van der Waals surface area (Å²) in [5.41, 5.74) is 7.71. The molecule has 1 heterocycles. The average molecular weight is 566 g/mol. The molecular formula is C32H45N4O5+. The van der Waals surface area contributed by atoms with Crippen molar-refractivity contribution in [2.45, 2.75) is 77.5 Å². The zero-order valence-electron chi connectivity index (χ0n) is 24.6. The van der Waals surface area contributed by atoms with Crippen LogP contribution in [0.1, 0.15) is 68.8 Å².